The normalized spacial score (nSPS) is 9.59. The Morgan fingerprint density at radius 1 is 1.12 bits per heavy atom. The van der Waals surface area contributed by atoms with E-state index < -0.39 is 0 Å². The first-order chi connectivity index (χ1) is 8.12. The Hall–Kier alpha value is -2.11. The van der Waals surface area contributed by atoms with Crippen LogP contribution in [0.5, 0.6) is 23.0 Å². The molecule has 0 bridgehead atoms. The third kappa shape index (κ3) is 3.17. The molecule has 0 amide bonds. The van der Waals surface area contributed by atoms with E-state index in [-0.39, 0.29) is 12.4 Å². The predicted molar refractivity (Wildman–Crippen MR) is 63.5 cm³/mol. The lowest BCUT2D eigenvalue weighted by molar-refractivity contribution is 0.315. The number of methoxy groups -OCH3 is 3. The van der Waals surface area contributed by atoms with E-state index in [1.54, 1.807) is 12.1 Å². The fraction of sp³-hybridized carbons (Fsp3) is 0.364. The number of amidine groups is 1. The van der Waals surface area contributed by atoms with Gasteiger partial charge >= 0.3 is 0 Å². The molecule has 0 saturated heterocycles. The van der Waals surface area contributed by atoms with Crippen molar-refractivity contribution < 1.29 is 18.9 Å². The largest absolute Gasteiger partial charge is 0.493 e. The first-order valence-corrected chi connectivity index (χ1v) is 4.88. The zero-order valence-corrected chi connectivity index (χ0v) is 10.1. The Morgan fingerprint density at radius 2 is 1.65 bits per heavy atom. The maximum atomic E-state index is 7.08. The molecule has 17 heavy (non-hydrogen) atoms. The van der Waals surface area contributed by atoms with Gasteiger partial charge in [0.15, 0.2) is 11.5 Å². The van der Waals surface area contributed by atoms with Crippen molar-refractivity contribution in [2.75, 3.05) is 27.9 Å². The van der Waals surface area contributed by atoms with Gasteiger partial charge in [-0.2, -0.15) is 0 Å². The number of benzene rings is 1. The summed E-state index contributed by atoms with van der Waals surface area (Å²) in [4.78, 5) is 0. The molecule has 0 radical (unpaired) electrons. The smallest absolute Gasteiger partial charge is 0.203 e. The van der Waals surface area contributed by atoms with E-state index in [9.17, 15) is 0 Å². The number of hydrogen-bond acceptors (Lipinski definition) is 5. The van der Waals surface area contributed by atoms with Crippen LogP contribution in [0, 0.1) is 5.41 Å². The van der Waals surface area contributed by atoms with Crippen LogP contribution in [0.25, 0.3) is 0 Å². The van der Waals surface area contributed by atoms with E-state index in [0.29, 0.717) is 23.0 Å². The summed E-state index contributed by atoms with van der Waals surface area (Å²) in [6, 6.07) is 3.29. The van der Waals surface area contributed by atoms with Gasteiger partial charge < -0.3 is 24.7 Å². The van der Waals surface area contributed by atoms with Crippen LogP contribution in [0.15, 0.2) is 12.1 Å². The maximum Gasteiger partial charge on any atom is 0.203 e. The Kier molecular flexibility index (Phi) is 4.45. The fourth-order valence-electron chi connectivity index (χ4n) is 1.30. The first kappa shape index (κ1) is 13.0. The van der Waals surface area contributed by atoms with E-state index in [2.05, 4.69) is 0 Å². The van der Waals surface area contributed by atoms with Gasteiger partial charge in [-0.3, -0.25) is 5.41 Å². The molecule has 0 atom stereocenters. The second kappa shape index (κ2) is 5.83. The molecule has 0 aromatic heterocycles. The van der Waals surface area contributed by atoms with Crippen molar-refractivity contribution >= 4 is 5.84 Å². The van der Waals surface area contributed by atoms with Crippen molar-refractivity contribution in [2.45, 2.75) is 0 Å². The molecule has 1 rings (SSSR count). The summed E-state index contributed by atoms with van der Waals surface area (Å²) < 4.78 is 20.8. The van der Waals surface area contributed by atoms with E-state index in [1.165, 1.54) is 21.3 Å². The average molecular weight is 240 g/mol. The zero-order valence-electron chi connectivity index (χ0n) is 10.1. The highest BCUT2D eigenvalue weighted by atomic mass is 16.5. The number of ether oxygens (including phenoxy) is 4. The molecule has 0 fully saturated rings. The summed E-state index contributed by atoms with van der Waals surface area (Å²) >= 11 is 0. The molecule has 0 heterocycles. The monoisotopic (exact) mass is 240 g/mol. The lowest BCUT2D eigenvalue weighted by atomic mass is 10.2. The van der Waals surface area contributed by atoms with Crippen LogP contribution in [0.3, 0.4) is 0 Å². The highest BCUT2D eigenvalue weighted by Gasteiger charge is 2.13. The predicted octanol–water partition coefficient (Wildman–Crippen LogP) is 1.03. The molecule has 0 unspecified atom stereocenters. The van der Waals surface area contributed by atoms with Crippen LogP contribution in [0.2, 0.25) is 0 Å². The van der Waals surface area contributed by atoms with E-state index in [0.717, 1.165) is 0 Å². The van der Waals surface area contributed by atoms with Gasteiger partial charge in [-0.1, -0.05) is 0 Å². The molecule has 1 aromatic rings. The highest BCUT2D eigenvalue weighted by Crippen LogP contribution is 2.40. The summed E-state index contributed by atoms with van der Waals surface area (Å²) in [5.74, 6) is 1.91. The quantitative estimate of drug-likeness (QED) is 0.572. The van der Waals surface area contributed by atoms with E-state index in [1.807, 2.05) is 0 Å². The van der Waals surface area contributed by atoms with Crippen molar-refractivity contribution in [2.24, 2.45) is 5.73 Å². The third-order valence-corrected chi connectivity index (χ3v) is 2.03. The lowest BCUT2D eigenvalue weighted by Crippen LogP contribution is -2.19. The number of rotatable bonds is 6. The van der Waals surface area contributed by atoms with Gasteiger partial charge in [0.2, 0.25) is 5.75 Å². The second-order valence-electron chi connectivity index (χ2n) is 3.17. The van der Waals surface area contributed by atoms with Gasteiger partial charge in [0.25, 0.3) is 0 Å². The van der Waals surface area contributed by atoms with Gasteiger partial charge in [-0.15, -0.1) is 0 Å². The number of hydrogen-bond donors (Lipinski definition) is 2. The molecular weight excluding hydrogens is 224 g/mol. The summed E-state index contributed by atoms with van der Waals surface area (Å²) in [7, 11) is 4.56. The zero-order chi connectivity index (χ0) is 12.8. The van der Waals surface area contributed by atoms with Gasteiger partial charge in [-0.25, -0.2) is 0 Å². The van der Waals surface area contributed by atoms with Gasteiger partial charge in [0.1, 0.15) is 18.2 Å². The van der Waals surface area contributed by atoms with Gasteiger partial charge in [-0.05, 0) is 0 Å². The van der Waals surface area contributed by atoms with Crippen LogP contribution in [-0.4, -0.2) is 33.8 Å². The van der Waals surface area contributed by atoms with Crippen LogP contribution in [0.4, 0.5) is 0 Å². The molecule has 3 N–H and O–H groups in total. The molecule has 0 aliphatic carbocycles. The van der Waals surface area contributed by atoms with Crippen LogP contribution in [-0.2, 0) is 0 Å². The molecule has 0 spiro atoms. The molecule has 1 aromatic carbocycles. The number of nitrogens with one attached hydrogen (secondary N) is 1. The van der Waals surface area contributed by atoms with E-state index >= 15 is 0 Å². The Morgan fingerprint density at radius 3 is 2.00 bits per heavy atom. The minimum Gasteiger partial charge on any atom is -0.493 e. The van der Waals surface area contributed by atoms with Crippen LogP contribution < -0.4 is 24.7 Å². The van der Waals surface area contributed by atoms with Crippen molar-refractivity contribution in [3.8, 4) is 23.0 Å². The third-order valence-electron chi connectivity index (χ3n) is 2.03. The number of nitrogens with two attached hydrogens (primary N) is 1. The molecule has 94 valence electrons. The summed E-state index contributed by atoms with van der Waals surface area (Å²) in [6.07, 6.45) is 0. The highest BCUT2D eigenvalue weighted by molar-refractivity contribution is 5.78. The van der Waals surface area contributed by atoms with Crippen molar-refractivity contribution in [1.82, 2.24) is 0 Å². The summed E-state index contributed by atoms with van der Waals surface area (Å²) in [5, 5.41) is 7.08. The lowest BCUT2D eigenvalue weighted by Gasteiger charge is -2.14. The molecule has 6 heteroatoms. The molecule has 0 aliphatic rings. The maximum absolute atomic E-state index is 7.08. The standard InChI is InChI=1S/C11H16N2O4/c1-14-8-4-7(17-6-10(12)13)5-9(15-2)11(8)16-3/h4-5H,6H2,1-3H3,(H3,12,13). The fourth-order valence-corrected chi connectivity index (χ4v) is 1.30. The van der Waals surface area contributed by atoms with Crippen molar-refractivity contribution in [1.29, 1.82) is 5.41 Å². The summed E-state index contributed by atoms with van der Waals surface area (Å²) in [5.41, 5.74) is 5.21. The SMILES string of the molecule is COc1cc(OCC(=N)N)cc(OC)c1OC. The Balaban J connectivity index is 3.04. The Labute approximate surface area is 99.7 Å². The van der Waals surface area contributed by atoms with Crippen molar-refractivity contribution in [3.05, 3.63) is 12.1 Å². The van der Waals surface area contributed by atoms with Crippen molar-refractivity contribution in [3.63, 3.8) is 0 Å². The van der Waals surface area contributed by atoms with Crippen LogP contribution in [0.1, 0.15) is 0 Å². The average Bonchev–Trinajstić information content (AvgIpc) is 2.34. The first-order valence-electron chi connectivity index (χ1n) is 4.88. The topological polar surface area (TPSA) is 86.8 Å². The second-order valence-corrected chi connectivity index (χ2v) is 3.17. The summed E-state index contributed by atoms with van der Waals surface area (Å²) in [6.45, 7) is 0.0125. The minimum absolute atomic E-state index is 0.0125. The molecular formula is C11H16N2O4. The van der Waals surface area contributed by atoms with Gasteiger partial charge in [0.05, 0.1) is 21.3 Å². The van der Waals surface area contributed by atoms with Crippen LogP contribution >= 0.6 is 0 Å². The Bertz CT molecular complexity index is 381. The molecule has 6 nitrogen and oxygen atoms in total. The van der Waals surface area contributed by atoms with Gasteiger partial charge in [0, 0.05) is 12.1 Å². The minimum atomic E-state index is -0.0567. The molecule has 0 aliphatic heterocycles. The van der Waals surface area contributed by atoms with E-state index in [4.69, 9.17) is 30.1 Å². The molecule has 0 saturated carbocycles.